The second-order valence-corrected chi connectivity index (χ2v) is 4.51. The van der Waals surface area contributed by atoms with Gasteiger partial charge in [-0.2, -0.15) is 0 Å². The van der Waals surface area contributed by atoms with Crippen LogP contribution in [0.15, 0.2) is 22.9 Å². The van der Waals surface area contributed by atoms with Crippen molar-refractivity contribution in [1.29, 1.82) is 0 Å². The first-order valence-corrected chi connectivity index (χ1v) is 6.65. The molecule has 1 heterocycles. The summed E-state index contributed by atoms with van der Waals surface area (Å²) < 4.78 is 10.3. The van der Waals surface area contributed by atoms with Gasteiger partial charge < -0.3 is 14.4 Å². The third-order valence-electron chi connectivity index (χ3n) is 3.32. The van der Waals surface area contributed by atoms with E-state index in [1.807, 2.05) is 0 Å². The first kappa shape index (κ1) is 13.8. The Morgan fingerprint density at radius 3 is 2.74 bits per heavy atom. The molecule has 104 valence electrons. The summed E-state index contributed by atoms with van der Waals surface area (Å²) >= 11 is 0. The first-order valence-electron chi connectivity index (χ1n) is 6.65. The highest BCUT2D eigenvalue weighted by Gasteiger charge is 2.26. The van der Waals surface area contributed by atoms with Crippen molar-refractivity contribution in [3.05, 3.63) is 22.9 Å². The van der Waals surface area contributed by atoms with Gasteiger partial charge in [-0.25, -0.2) is 4.79 Å². The van der Waals surface area contributed by atoms with Crippen molar-refractivity contribution < 1.29 is 19.1 Å². The second kappa shape index (κ2) is 6.52. The lowest BCUT2D eigenvalue weighted by atomic mass is 10.1. The molecule has 0 amide bonds. The van der Waals surface area contributed by atoms with Crippen molar-refractivity contribution >= 4 is 12.3 Å². The molecule has 0 unspecified atom stereocenters. The molecule has 0 N–H and O–H groups in total. The SMILES string of the molecule is CCOC(=O)/C=C1/CCC(C=O)=C1N1CCOCC1. The van der Waals surface area contributed by atoms with E-state index in [4.69, 9.17) is 9.47 Å². The average Bonchev–Trinajstić information content (AvgIpc) is 2.82. The largest absolute Gasteiger partial charge is 0.463 e. The molecule has 0 saturated carbocycles. The Labute approximate surface area is 112 Å². The van der Waals surface area contributed by atoms with Crippen molar-refractivity contribution in [1.82, 2.24) is 4.90 Å². The first-order chi connectivity index (χ1) is 9.26. The molecule has 19 heavy (non-hydrogen) atoms. The Morgan fingerprint density at radius 1 is 1.37 bits per heavy atom. The lowest BCUT2D eigenvalue weighted by Gasteiger charge is -2.31. The Kier molecular flexibility index (Phi) is 4.74. The fourth-order valence-electron chi connectivity index (χ4n) is 2.49. The van der Waals surface area contributed by atoms with Crippen molar-refractivity contribution in [3.8, 4) is 0 Å². The molecular formula is C14H19NO4. The number of hydrogen-bond donors (Lipinski definition) is 0. The molecule has 0 aromatic carbocycles. The highest BCUT2D eigenvalue weighted by molar-refractivity contribution is 5.86. The normalized spacial score (nSPS) is 21.9. The lowest BCUT2D eigenvalue weighted by molar-refractivity contribution is -0.137. The van der Waals surface area contributed by atoms with Gasteiger partial charge in [-0.1, -0.05) is 0 Å². The van der Waals surface area contributed by atoms with Crippen LogP contribution < -0.4 is 0 Å². The van der Waals surface area contributed by atoms with Crippen LogP contribution in [0.2, 0.25) is 0 Å². The molecule has 5 nitrogen and oxygen atoms in total. The maximum absolute atomic E-state index is 11.6. The number of nitrogens with zero attached hydrogens (tertiary/aromatic N) is 1. The van der Waals surface area contributed by atoms with Gasteiger partial charge in [0, 0.05) is 30.4 Å². The zero-order chi connectivity index (χ0) is 13.7. The van der Waals surface area contributed by atoms with E-state index >= 15 is 0 Å². The van der Waals surface area contributed by atoms with Gasteiger partial charge in [0.2, 0.25) is 0 Å². The number of allylic oxidation sites excluding steroid dienone is 2. The molecule has 1 fully saturated rings. The van der Waals surface area contributed by atoms with E-state index < -0.39 is 0 Å². The number of aldehydes is 1. The van der Waals surface area contributed by atoms with Crippen LogP contribution in [0.4, 0.5) is 0 Å². The van der Waals surface area contributed by atoms with Gasteiger partial charge in [0.1, 0.15) is 6.29 Å². The van der Waals surface area contributed by atoms with Crippen molar-refractivity contribution in [2.45, 2.75) is 19.8 Å². The Bertz CT molecular complexity index is 419. The van der Waals surface area contributed by atoms with Gasteiger partial charge in [0.05, 0.1) is 19.8 Å². The van der Waals surface area contributed by atoms with E-state index in [0.29, 0.717) is 26.2 Å². The zero-order valence-corrected chi connectivity index (χ0v) is 11.2. The molecule has 2 rings (SSSR count). The maximum atomic E-state index is 11.6. The van der Waals surface area contributed by atoms with Crippen LogP contribution in [0.3, 0.4) is 0 Å². The molecule has 1 aliphatic heterocycles. The number of morpholine rings is 1. The van der Waals surface area contributed by atoms with Crippen molar-refractivity contribution in [3.63, 3.8) is 0 Å². The molecule has 0 spiro atoms. The summed E-state index contributed by atoms with van der Waals surface area (Å²) in [6.45, 7) is 4.96. The summed E-state index contributed by atoms with van der Waals surface area (Å²) in [6, 6.07) is 0. The van der Waals surface area contributed by atoms with E-state index in [1.165, 1.54) is 6.08 Å². The predicted octanol–water partition coefficient (Wildman–Crippen LogP) is 1.05. The molecule has 2 aliphatic rings. The Balaban J connectivity index is 2.21. The van der Waals surface area contributed by atoms with E-state index in [-0.39, 0.29) is 5.97 Å². The summed E-state index contributed by atoms with van der Waals surface area (Å²) in [7, 11) is 0. The molecule has 1 saturated heterocycles. The Morgan fingerprint density at radius 2 is 2.11 bits per heavy atom. The molecule has 0 bridgehead atoms. The zero-order valence-electron chi connectivity index (χ0n) is 11.2. The van der Waals surface area contributed by atoms with Crippen LogP contribution in [0.1, 0.15) is 19.8 Å². The minimum atomic E-state index is -0.338. The highest BCUT2D eigenvalue weighted by Crippen LogP contribution is 2.33. The summed E-state index contributed by atoms with van der Waals surface area (Å²) in [5.41, 5.74) is 2.59. The molecular weight excluding hydrogens is 246 g/mol. The minimum absolute atomic E-state index is 0.338. The minimum Gasteiger partial charge on any atom is -0.463 e. The number of carbonyl (C=O) groups excluding carboxylic acids is 2. The third kappa shape index (κ3) is 3.23. The van der Waals surface area contributed by atoms with Crippen LogP contribution in [-0.4, -0.2) is 50.1 Å². The van der Waals surface area contributed by atoms with Gasteiger partial charge in [0.15, 0.2) is 0 Å². The van der Waals surface area contributed by atoms with Gasteiger partial charge in [-0.15, -0.1) is 0 Å². The van der Waals surface area contributed by atoms with E-state index in [9.17, 15) is 9.59 Å². The molecule has 5 heteroatoms. The molecule has 0 aromatic rings. The number of rotatable bonds is 4. The fourth-order valence-corrected chi connectivity index (χ4v) is 2.49. The topological polar surface area (TPSA) is 55.8 Å². The van der Waals surface area contributed by atoms with Crippen LogP contribution in [-0.2, 0) is 19.1 Å². The number of ether oxygens (including phenoxy) is 2. The smallest absolute Gasteiger partial charge is 0.331 e. The third-order valence-corrected chi connectivity index (χ3v) is 3.32. The van der Waals surface area contributed by atoms with Gasteiger partial charge in [-0.05, 0) is 25.3 Å². The lowest BCUT2D eigenvalue weighted by Crippen LogP contribution is -2.36. The van der Waals surface area contributed by atoms with Crippen molar-refractivity contribution in [2.24, 2.45) is 0 Å². The van der Waals surface area contributed by atoms with E-state index in [2.05, 4.69) is 4.90 Å². The second-order valence-electron chi connectivity index (χ2n) is 4.51. The molecule has 0 radical (unpaired) electrons. The summed E-state index contributed by atoms with van der Waals surface area (Å²) in [6.07, 6.45) is 3.84. The standard InChI is InChI=1S/C14H19NO4/c1-2-19-13(17)9-11-3-4-12(10-16)14(11)15-5-7-18-8-6-15/h9-10H,2-8H2,1H3/b11-9-. The van der Waals surface area contributed by atoms with Gasteiger partial charge in [-0.3, -0.25) is 4.79 Å². The number of esters is 1. The molecule has 0 atom stereocenters. The Hall–Kier alpha value is -1.62. The summed E-state index contributed by atoms with van der Waals surface area (Å²) in [5, 5.41) is 0. The van der Waals surface area contributed by atoms with Gasteiger partial charge in [0.25, 0.3) is 0 Å². The van der Waals surface area contributed by atoms with Crippen LogP contribution in [0.25, 0.3) is 0 Å². The molecule has 1 aliphatic carbocycles. The molecule has 0 aromatic heterocycles. The summed E-state index contributed by atoms with van der Waals surface area (Å²) in [4.78, 5) is 24.9. The number of carbonyl (C=O) groups is 2. The van der Waals surface area contributed by atoms with Crippen LogP contribution in [0.5, 0.6) is 0 Å². The average molecular weight is 265 g/mol. The summed E-state index contributed by atoms with van der Waals surface area (Å²) in [5.74, 6) is -0.338. The van der Waals surface area contributed by atoms with Crippen LogP contribution >= 0.6 is 0 Å². The predicted molar refractivity (Wildman–Crippen MR) is 69.4 cm³/mol. The van der Waals surface area contributed by atoms with Crippen molar-refractivity contribution in [2.75, 3.05) is 32.9 Å². The van der Waals surface area contributed by atoms with E-state index in [1.54, 1.807) is 6.92 Å². The maximum Gasteiger partial charge on any atom is 0.331 e. The van der Waals surface area contributed by atoms with E-state index in [0.717, 1.165) is 42.6 Å². The number of hydrogen-bond acceptors (Lipinski definition) is 5. The highest BCUT2D eigenvalue weighted by atomic mass is 16.5. The van der Waals surface area contributed by atoms with Crippen LogP contribution in [0, 0.1) is 0 Å². The van der Waals surface area contributed by atoms with Gasteiger partial charge >= 0.3 is 5.97 Å². The quantitative estimate of drug-likeness (QED) is 0.432. The fraction of sp³-hybridized carbons (Fsp3) is 0.571. The monoisotopic (exact) mass is 265 g/mol.